The molecule has 0 bridgehead atoms. The number of nitrogens with two attached hydrogens (primary N) is 1. The lowest BCUT2D eigenvalue weighted by Crippen LogP contribution is -2.25. The topological polar surface area (TPSA) is 75.4 Å². The number of nitrogens with one attached hydrogen (secondary N) is 1. The van der Waals surface area contributed by atoms with E-state index in [0.29, 0.717) is 12.1 Å². The molecule has 0 fully saturated rings. The van der Waals surface area contributed by atoms with E-state index in [1.54, 1.807) is 12.1 Å². The molecule has 0 heterocycles. The van der Waals surface area contributed by atoms with E-state index in [0.717, 1.165) is 11.1 Å². The Kier molecular flexibility index (Phi) is 4.87. The molecule has 4 heteroatoms. The highest BCUT2D eigenvalue weighted by Crippen LogP contribution is 2.14. The van der Waals surface area contributed by atoms with Crippen LogP contribution < -0.4 is 11.1 Å². The van der Waals surface area contributed by atoms with E-state index in [4.69, 9.17) is 5.73 Å². The van der Waals surface area contributed by atoms with Gasteiger partial charge in [0.25, 0.3) is 0 Å². The van der Waals surface area contributed by atoms with Gasteiger partial charge in [0.1, 0.15) is 0 Å². The number of carbonyl (C=O) groups is 1. The Morgan fingerprint density at radius 2 is 1.75 bits per heavy atom. The molecule has 0 aromatic heterocycles. The molecule has 2 aromatic carbocycles. The highest BCUT2D eigenvalue weighted by molar-refractivity contribution is 5.94. The van der Waals surface area contributed by atoms with Crippen LogP contribution in [0.5, 0.6) is 0 Å². The van der Waals surface area contributed by atoms with Crippen LogP contribution in [0.2, 0.25) is 0 Å². The van der Waals surface area contributed by atoms with Crippen LogP contribution in [0.3, 0.4) is 0 Å². The summed E-state index contributed by atoms with van der Waals surface area (Å²) in [5.41, 5.74) is 7.69. The average Bonchev–Trinajstić information content (AvgIpc) is 2.49. The van der Waals surface area contributed by atoms with Crippen molar-refractivity contribution in [1.82, 2.24) is 5.32 Å². The van der Waals surface area contributed by atoms with Gasteiger partial charge in [0.05, 0.1) is 12.6 Å². The van der Waals surface area contributed by atoms with E-state index in [2.05, 4.69) is 5.32 Å². The monoisotopic (exact) mass is 270 g/mol. The highest BCUT2D eigenvalue weighted by atomic mass is 16.3. The van der Waals surface area contributed by atoms with Gasteiger partial charge in [-0.2, -0.15) is 0 Å². The minimum absolute atomic E-state index is 0.0112. The van der Waals surface area contributed by atoms with Gasteiger partial charge >= 0.3 is 0 Å². The maximum absolute atomic E-state index is 11.4. The van der Waals surface area contributed by atoms with Crippen LogP contribution in [-0.4, -0.2) is 17.6 Å². The quantitative estimate of drug-likeness (QED) is 0.746. The third kappa shape index (κ3) is 3.44. The van der Waals surface area contributed by atoms with Crippen LogP contribution in [0.15, 0.2) is 54.6 Å². The summed E-state index contributed by atoms with van der Waals surface area (Å²) < 4.78 is 0. The molecular formula is C16H18N2O2. The third-order valence-corrected chi connectivity index (χ3v) is 3.21. The van der Waals surface area contributed by atoms with Gasteiger partial charge in [-0.05, 0) is 17.2 Å². The molecule has 1 unspecified atom stereocenters. The Morgan fingerprint density at radius 3 is 2.40 bits per heavy atom. The molecule has 0 aliphatic carbocycles. The standard InChI is InChI=1S/C16H18N2O2/c17-16(20)14-9-5-4-8-13(14)10-18-15(11-19)12-6-2-1-3-7-12/h1-9,15,18-19H,10-11H2,(H2,17,20). The van der Waals surface area contributed by atoms with Crippen molar-refractivity contribution < 1.29 is 9.90 Å². The van der Waals surface area contributed by atoms with E-state index >= 15 is 0 Å². The summed E-state index contributed by atoms with van der Waals surface area (Å²) in [5.74, 6) is -0.442. The van der Waals surface area contributed by atoms with Crippen molar-refractivity contribution >= 4 is 5.91 Å². The van der Waals surface area contributed by atoms with Gasteiger partial charge in [-0.1, -0.05) is 48.5 Å². The van der Waals surface area contributed by atoms with Gasteiger partial charge in [0.2, 0.25) is 5.91 Å². The summed E-state index contributed by atoms with van der Waals surface area (Å²) in [6.45, 7) is 0.460. The number of benzene rings is 2. The third-order valence-electron chi connectivity index (χ3n) is 3.21. The largest absolute Gasteiger partial charge is 0.394 e. The van der Waals surface area contributed by atoms with Crippen molar-refractivity contribution in [2.75, 3.05) is 6.61 Å². The molecule has 1 atom stereocenters. The van der Waals surface area contributed by atoms with Crippen molar-refractivity contribution in [2.45, 2.75) is 12.6 Å². The number of primary amides is 1. The first-order valence-electron chi connectivity index (χ1n) is 6.49. The molecule has 0 aliphatic heterocycles. The fraction of sp³-hybridized carbons (Fsp3) is 0.188. The van der Waals surface area contributed by atoms with Crippen LogP contribution >= 0.6 is 0 Å². The molecule has 2 aromatic rings. The summed E-state index contributed by atoms with van der Waals surface area (Å²) in [6.07, 6.45) is 0. The van der Waals surface area contributed by atoms with Gasteiger partial charge in [0.15, 0.2) is 0 Å². The molecule has 4 N–H and O–H groups in total. The average molecular weight is 270 g/mol. The van der Waals surface area contributed by atoms with E-state index < -0.39 is 5.91 Å². The number of aliphatic hydroxyl groups is 1. The van der Waals surface area contributed by atoms with Crippen LogP contribution in [0.25, 0.3) is 0 Å². The number of aliphatic hydroxyl groups excluding tert-OH is 1. The smallest absolute Gasteiger partial charge is 0.249 e. The Bertz CT molecular complexity index is 570. The molecule has 0 aliphatic rings. The summed E-state index contributed by atoms with van der Waals surface area (Å²) in [4.78, 5) is 11.4. The molecule has 0 radical (unpaired) electrons. The van der Waals surface area contributed by atoms with Crippen molar-refractivity contribution in [2.24, 2.45) is 5.73 Å². The van der Waals surface area contributed by atoms with Crippen LogP contribution in [0.4, 0.5) is 0 Å². The minimum Gasteiger partial charge on any atom is -0.394 e. The van der Waals surface area contributed by atoms with E-state index in [1.165, 1.54) is 0 Å². The number of carbonyl (C=O) groups excluding carboxylic acids is 1. The molecule has 104 valence electrons. The second-order valence-corrected chi connectivity index (χ2v) is 4.55. The lowest BCUT2D eigenvalue weighted by molar-refractivity contribution is 0.0999. The first-order valence-corrected chi connectivity index (χ1v) is 6.49. The SMILES string of the molecule is NC(=O)c1ccccc1CNC(CO)c1ccccc1. The Hall–Kier alpha value is -2.17. The second-order valence-electron chi connectivity index (χ2n) is 4.55. The lowest BCUT2D eigenvalue weighted by Gasteiger charge is -2.17. The minimum atomic E-state index is -0.442. The zero-order chi connectivity index (χ0) is 14.4. The summed E-state index contributed by atoms with van der Waals surface area (Å²) in [6, 6.07) is 16.7. The van der Waals surface area contributed by atoms with Crippen molar-refractivity contribution in [3.63, 3.8) is 0 Å². The van der Waals surface area contributed by atoms with Crippen molar-refractivity contribution in [3.8, 4) is 0 Å². The maximum Gasteiger partial charge on any atom is 0.249 e. The number of hydrogen-bond acceptors (Lipinski definition) is 3. The summed E-state index contributed by atoms with van der Waals surface area (Å²) in [7, 11) is 0. The summed E-state index contributed by atoms with van der Waals surface area (Å²) >= 11 is 0. The van der Waals surface area contributed by atoms with Crippen molar-refractivity contribution in [3.05, 3.63) is 71.3 Å². The Morgan fingerprint density at radius 1 is 1.10 bits per heavy atom. The highest BCUT2D eigenvalue weighted by Gasteiger charge is 2.11. The van der Waals surface area contributed by atoms with E-state index in [9.17, 15) is 9.90 Å². The Balaban J connectivity index is 2.10. The van der Waals surface area contributed by atoms with Crippen LogP contribution in [0.1, 0.15) is 27.5 Å². The second kappa shape index (κ2) is 6.84. The number of rotatable bonds is 6. The molecular weight excluding hydrogens is 252 g/mol. The molecule has 4 nitrogen and oxygen atoms in total. The molecule has 1 amide bonds. The van der Waals surface area contributed by atoms with Gasteiger partial charge in [0, 0.05) is 12.1 Å². The molecule has 2 rings (SSSR count). The number of amides is 1. The lowest BCUT2D eigenvalue weighted by atomic mass is 10.0. The normalized spacial score (nSPS) is 12.1. The van der Waals surface area contributed by atoms with Crippen molar-refractivity contribution in [1.29, 1.82) is 0 Å². The first-order chi connectivity index (χ1) is 9.72. The van der Waals surface area contributed by atoms with Crippen LogP contribution in [0, 0.1) is 0 Å². The summed E-state index contributed by atoms with van der Waals surface area (Å²) in [5, 5.41) is 12.7. The zero-order valence-electron chi connectivity index (χ0n) is 11.1. The fourth-order valence-corrected chi connectivity index (χ4v) is 2.12. The molecule has 0 saturated carbocycles. The molecule has 20 heavy (non-hydrogen) atoms. The van der Waals surface area contributed by atoms with E-state index in [1.807, 2.05) is 42.5 Å². The van der Waals surface area contributed by atoms with Gasteiger partial charge in [-0.25, -0.2) is 0 Å². The zero-order valence-corrected chi connectivity index (χ0v) is 11.1. The predicted molar refractivity (Wildman–Crippen MR) is 78.1 cm³/mol. The first kappa shape index (κ1) is 14.2. The van der Waals surface area contributed by atoms with Gasteiger partial charge in [-0.15, -0.1) is 0 Å². The van der Waals surface area contributed by atoms with Gasteiger partial charge in [-0.3, -0.25) is 4.79 Å². The fourth-order valence-electron chi connectivity index (χ4n) is 2.12. The maximum atomic E-state index is 11.4. The van der Waals surface area contributed by atoms with Crippen LogP contribution in [-0.2, 0) is 6.54 Å². The Labute approximate surface area is 118 Å². The predicted octanol–water partition coefficient (Wildman–Crippen LogP) is 1.61. The molecule has 0 saturated heterocycles. The molecule has 0 spiro atoms. The number of hydrogen-bond donors (Lipinski definition) is 3. The van der Waals surface area contributed by atoms with E-state index in [-0.39, 0.29) is 12.6 Å². The van der Waals surface area contributed by atoms with Gasteiger partial charge < -0.3 is 16.2 Å².